The van der Waals surface area contributed by atoms with Crippen LogP contribution >= 0.6 is 0 Å². The van der Waals surface area contributed by atoms with E-state index >= 15 is 0 Å². The summed E-state index contributed by atoms with van der Waals surface area (Å²) in [6.07, 6.45) is 30.4. The van der Waals surface area contributed by atoms with Crippen LogP contribution in [0.2, 0.25) is 0 Å². The Hall–Kier alpha value is -1.01. The molecular formula is C39H48Cl2Zr-2. The number of hydrogen-bond acceptors (Lipinski definition) is 0. The Morgan fingerprint density at radius 1 is 0.762 bits per heavy atom. The second kappa shape index (κ2) is 16.9. The summed E-state index contributed by atoms with van der Waals surface area (Å²) in [5, 5.41) is 0. The predicted molar refractivity (Wildman–Crippen MR) is 168 cm³/mol. The fourth-order valence-electron chi connectivity index (χ4n) is 8.58. The quantitative estimate of drug-likeness (QED) is 0.417. The van der Waals surface area contributed by atoms with Gasteiger partial charge in [0.2, 0.25) is 0 Å². The van der Waals surface area contributed by atoms with Crippen molar-refractivity contribution < 1.29 is 49.0 Å². The molecule has 0 nitrogen and oxygen atoms in total. The smallest absolute Gasteiger partial charge is 0.172 e. The molecule has 2 atom stereocenters. The van der Waals surface area contributed by atoms with E-state index in [0.29, 0.717) is 0 Å². The third kappa shape index (κ3) is 8.17. The molecule has 0 aromatic heterocycles. The first-order valence-electron chi connectivity index (χ1n) is 16.6. The molecule has 3 fully saturated rings. The Balaban J connectivity index is 0.000000168. The summed E-state index contributed by atoms with van der Waals surface area (Å²) in [4.78, 5) is 0. The van der Waals surface area contributed by atoms with E-state index in [2.05, 4.69) is 42.8 Å². The Labute approximate surface area is 283 Å². The summed E-state index contributed by atoms with van der Waals surface area (Å²) in [7, 11) is 0. The zero-order valence-electron chi connectivity index (χ0n) is 25.3. The fraction of sp³-hybridized carbons (Fsp3) is 0.513. The van der Waals surface area contributed by atoms with Crippen molar-refractivity contribution in [1.29, 1.82) is 0 Å². The first-order chi connectivity index (χ1) is 19.8. The normalized spacial score (nSPS) is 24.0. The van der Waals surface area contributed by atoms with Crippen molar-refractivity contribution in [3.8, 4) is 0 Å². The Morgan fingerprint density at radius 3 is 2.07 bits per heavy atom. The molecule has 8 rings (SSSR count). The van der Waals surface area contributed by atoms with Crippen molar-refractivity contribution >= 4 is 8.78 Å². The van der Waals surface area contributed by atoms with E-state index in [1.54, 1.807) is 52.1 Å². The van der Waals surface area contributed by atoms with E-state index in [1.807, 2.05) is 33.5 Å². The van der Waals surface area contributed by atoms with Crippen LogP contribution in [0.1, 0.15) is 107 Å². The summed E-state index contributed by atoms with van der Waals surface area (Å²) in [6.45, 7) is 0. The number of allylic oxidation sites excluding steroid dienone is 6. The van der Waals surface area contributed by atoms with Crippen LogP contribution in [0.4, 0.5) is 0 Å². The molecule has 3 saturated carbocycles. The number of rotatable bonds is 4. The molecule has 0 aliphatic heterocycles. The Kier molecular flexibility index (Phi) is 13.6. The van der Waals surface area contributed by atoms with Crippen LogP contribution in [-0.4, -0.2) is 3.21 Å². The van der Waals surface area contributed by atoms with Gasteiger partial charge in [-0.15, -0.1) is 6.42 Å². The third-order valence-electron chi connectivity index (χ3n) is 10.5. The van der Waals surface area contributed by atoms with Crippen LogP contribution < -0.4 is 24.8 Å². The molecule has 6 aliphatic rings. The van der Waals surface area contributed by atoms with Crippen molar-refractivity contribution in [2.75, 3.05) is 0 Å². The predicted octanol–water partition coefficient (Wildman–Crippen LogP) is 4.56. The molecule has 2 aromatic rings. The molecule has 3 heteroatoms. The van der Waals surface area contributed by atoms with Gasteiger partial charge in [0.25, 0.3) is 0 Å². The van der Waals surface area contributed by atoms with Gasteiger partial charge in [-0.25, -0.2) is 24.1 Å². The minimum absolute atomic E-state index is 0. The molecule has 42 heavy (non-hydrogen) atoms. The molecule has 0 saturated heterocycles. The fourth-order valence-corrected chi connectivity index (χ4v) is 10.0. The average molecular weight is 679 g/mol. The maximum absolute atomic E-state index is 2.57. The van der Waals surface area contributed by atoms with Gasteiger partial charge in [0.1, 0.15) is 0 Å². The van der Waals surface area contributed by atoms with Gasteiger partial charge in [0.15, 0.2) is 0 Å². The largest absolute Gasteiger partial charge is 0.214 e. The van der Waals surface area contributed by atoms with Gasteiger partial charge in [-0.1, -0.05) is 66.0 Å². The van der Waals surface area contributed by atoms with Gasteiger partial charge < -0.3 is 24.8 Å². The molecule has 2 aromatic carbocycles. The van der Waals surface area contributed by atoms with Gasteiger partial charge in [-0.05, 0) is 36.7 Å². The van der Waals surface area contributed by atoms with Crippen LogP contribution in [0.5, 0.6) is 0 Å². The summed E-state index contributed by atoms with van der Waals surface area (Å²) >= 11 is 1.74. The van der Waals surface area contributed by atoms with Crippen LogP contribution in [0.15, 0.2) is 83.5 Å². The number of hydrogen-bond donors (Lipinski definition) is 0. The van der Waals surface area contributed by atoms with Crippen molar-refractivity contribution in [2.24, 2.45) is 23.7 Å². The molecule has 0 amide bonds. The zero-order chi connectivity index (χ0) is 27.1. The van der Waals surface area contributed by atoms with E-state index in [-0.39, 0.29) is 24.8 Å². The summed E-state index contributed by atoms with van der Waals surface area (Å²) in [5.74, 6) is 3.77. The summed E-state index contributed by atoms with van der Waals surface area (Å²) in [6, 6.07) is 19.1. The molecule has 0 N–H and O–H groups in total. The van der Waals surface area contributed by atoms with Gasteiger partial charge >= 0.3 is 103 Å². The minimum Gasteiger partial charge on any atom is -0.214 e. The van der Waals surface area contributed by atoms with E-state index in [4.69, 9.17) is 0 Å². The van der Waals surface area contributed by atoms with Crippen molar-refractivity contribution in [1.82, 2.24) is 0 Å². The van der Waals surface area contributed by atoms with Crippen LogP contribution in [0, 0.1) is 30.1 Å². The van der Waals surface area contributed by atoms with E-state index in [9.17, 15) is 0 Å². The van der Waals surface area contributed by atoms with Crippen molar-refractivity contribution in [3.63, 3.8) is 0 Å². The molecule has 2 unspecified atom stereocenters. The molecule has 0 radical (unpaired) electrons. The first-order valence-corrected chi connectivity index (χ1v) is 17.8. The maximum atomic E-state index is 2.57. The third-order valence-corrected chi connectivity index (χ3v) is 11.5. The molecular weight excluding hydrogens is 631 g/mol. The number of halogens is 2. The summed E-state index contributed by atoms with van der Waals surface area (Å²) in [5.41, 5.74) is 9.71. The van der Waals surface area contributed by atoms with Gasteiger partial charge in [0, 0.05) is 0 Å². The monoisotopic (exact) mass is 676 g/mol. The van der Waals surface area contributed by atoms with Gasteiger partial charge in [0.05, 0.1) is 0 Å². The Bertz CT molecular complexity index is 1180. The second-order valence-electron chi connectivity index (χ2n) is 13.2. The van der Waals surface area contributed by atoms with Crippen LogP contribution in [0.3, 0.4) is 0 Å². The first kappa shape index (κ1) is 33.9. The van der Waals surface area contributed by atoms with E-state index < -0.39 is 0 Å². The molecule has 6 aliphatic carbocycles. The SMILES string of the molecule is C1=CC2=C3C(=C4[CH-]CCCC4C2CC1)Cc1ccccc13.[Cl-].[Cl-].[Zr+2]=[C](CC1CCCC1)CC1CCCC1.c1cc[cH-]c1. The van der Waals surface area contributed by atoms with Crippen LogP contribution in [-0.2, 0) is 30.7 Å². The van der Waals surface area contributed by atoms with Crippen LogP contribution in [0.25, 0.3) is 5.57 Å². The summed E-state index contributed by atoms with van der Waals surface area (Å²) < 4.78 is 1.90. The molecule has 224 valence electrons. The molecule has 0 bridgehead atoms. The van der Waals surface area contributed by atoms with E-state index in [1.165, 1.54) is 102 Å². The molecule has 0 heterocycles. The number of benzene rings is 1. The van der Waals surface area contributed by atoms with E-state index in [0.717, 1.165) is 30.1 Å². The Morgan fingerprint density at radius 2 is 1.43 bits per heavy atom. The standard InChI is InChI=1S/C21H21.C13H22.C5H5.2ClH.Zr/c1-2-8-15-14(7-1)13-20-18-11-4-3-9-16(18)17-10-5-6-12-19(17)21(15)20;1-2-7-12(6-1)10-5-11-13-8-3-4-9-13;1-2-4-5-3-1;;;/h1-2,6-8,11-12,16-17H,3-5,9-10,13H2;12-13H,1-4,6-11H2;1-5H;2*1H;/q-1;;-1;;;+2/p-2. The average Bonchev–Trinajstić information content (AvgIpc) is 3.82. The van der Waals surface area contributed by atoms with Crippen molar-refractivity contribution in [2.45, 2.75) is 103 Å². The second-order valence-corrected chi connectivity index (χ2v) is 14.9. The van der Waals surface area contributed by atoms with Crippen molar-refractivity contribution in [3.05, 3.63) is 101 Å². The van der Waals surface area contributed by atoms with Gasteiger partial charge in [-0.2, -0.15) is 23.8 Å². The topological polar surface area (TPSA) is 0 Å². The number of fused-ring (bicyclic) bond motifs is 6. The molecule has 0 spiro atoms. The zero-order valence-corrected chi connectivity index (χ0v) is 29.3. The maximum Gasteiger partial charge on any atom is -0.172 e. The minimum atomic E-state index is 0. The van der Waals surface area contributed by atoms with Gasteiger partial charge in [-0.3, -0.25) is 0 Å².